The average molecular weight is 316 g/mol. The lowest BCUT2D eigenvalue weighted by molar-refractivity contribution is -0.140. The highest BCUT2D eigenvalue weighted by Crippen LogP contribution is 2.35. The average Bonchev–Trinajstić information content (AvgIpc) is 2.49. The Balaban J connectivity index is 3.25. The Bertz CT molecular complexity index is 515. The van der Waals surface area contributed by atoms with Gasteiger partial charge in [-0.1, -0.05) is 0 Å². The topological polar surface area (TPSA) is 82.1 Å². The zero-order chi connectivity index (χ0) is 15.8. The van der Waals surface area contributed by atoms with Crippen molar-refractivity contribution in [1.82, 2.24) is 0 Å². The number of hydrogen-bond donors (Lipinski definition) is 1. The van der Waals surface area contributed by atoms with E-state index in [-0.39, 0.29) is 29.2 Å². The van der Waals surface area contributed by atoms with Crippen LogP contribution >= 0.6 is 8.46 Å². The van der Waals surface area contributed by atoms with Crippen molar-refractivity contribution in [2.24, 2.45) is 0 Å². The van der Waals surface area contributed by atoms with Gasteiger partial charge in [-0.05, 0) is 31.9 Å². The minimum absolute atomic E-state index is 0.160. The summed E-state index contributed by atoms with van der Waals surface area (Å²) in [5.41, 5.74) is 0.668. The lowest BCUT2D eigenvalue weighted by Gasteiger charge is -2.16. The van der Waals surface area contributed by atoms with Gasteiger partial charge in [0.2, 0.25) is 0 Å². The van der Waals surface area contributed by atoms with Crippen LogP contribution < -0.4 is 14.8 Å². The first kappa shape index (κ1) is 17.4. The first-order valence-corrected chi connectivity index (χ1v) is 7.80. The van der Waals surface area contributed by atoms with Crippen LogP contribution in [0.4, 0.5) is 0 Å². The summed E-state index contributed by atoms with van der Waals surface area (Å²) >= 11 is 0. The standard InChI is InChI=1S/C14H21O6P/c1-4-19-10-8-9(6-7-11(15)18-3)13(20-5-2)14(21-17)12(10)16/h8,16H,4-7,21H2,1-3H3. The number of benzene rings is 1. The van der Waals surface area contributed by atoms with Gasteiger partial charge in [0.25, 0.3) is 0 Å². The summed E-state index contributed by atoms with van der Waals surface area (Å²) in [7, 11) is -0.0774. The van der Waals surface area contributed by atoms with Gasteiger partial charge in [0.1, 0.15) is 5.75 Å². The molecule has 1 atom stereocenters. The summed E-state index contributed by atoms with van der Waals surface area (Å²) in [5.74, 6) is 0.109. The van der Waals surface area contributed by atoms with Gasteiger partial charge < -0.3 is 23.9 Å². The number of aryl methyl sites for hydroxylation is 1. The lowest BCUT2D eigenvalue weighted by atomic mass is 10.1. The van der Waals surface area contributed by atoms with Crippen LogP contribution in [0.3, 0.4) is 0 Å². The Kier molecular flexibility index (Phi) is 7.09. The molecule has 1 N–H and O–H groups in total. The normalized spacial score (nSPS) is 10.8. The summed E-state index contributed by atoms with van der Waals surface area (Å²) in [5, 5.41) is 10.3. The van der Waals surface area contributed by atoms with Crippen molar-refractivity contribution in [2.45, 2.75) is 26.7 Å². The van der Waals surface area contributed by atoms with Crippen molar-refractivity contribution in [3.63, 3.8) is 0 Å². The Morgan fingerprint density at radius 3 is 2.48 bits per heavy atom. The first-order chi connectivity index (χ1) is 10.1. The number of ether oxygens (including phenoxy) is 3. The van der Waals surface area contributed by atoms with Crippen LogP contribution in [0.25, 0.3) is 0 Å². The Morgan fingerprint density at radius 1 is 1.29 bits per heavy atom. The van der Waals surface area contributed by atoms with Gasteiger partial charge in [0.05, 0.1) is 34.1 Å². The molecular formula is C14H21O6P. The molecule has 0 aromatic heterocycles. The third-order valence-corrected chi connectivity index (χ3v) is 3.63. The van der Waals surface area contributed by atoms with E-state index in [2.05, 4.69) is 4.74 Å². The van der Waals surface area contributed by atoms with Gasteiger partial charge in [-0.15, -0.1) is 0 Å². The molecule has 0 saturated heterocycles. The number of phenolic OH excluding ortho intramolecular Hbond substituents is 1. The highest BCUT2D eigenvalue weighted by molar-refractivity contribution is 7.34. The molecule has 0 bridgehead atoms. The van der Waals surface area contributed by atoms with Crippen LogP contribution in [0.15, 0.2) is 6.07 Å². The predicted octanol–water partition coefficient (Wildman–Crippen LogP) is 1.68. The van der Waals surface area contributed by atoms with Crippen LogP contribution in [-0.4, -0.2) is 31.4 Å². The second kappa shape index (κ2) is 8.57. The fourth-order valence-electron chi connectivity index (χ4n) is 1.92. The number of aromatic hydroxyl groups is 1. The van der Waals surface area contributed by atoms with E-state index >= 15 is 0 Å². The molecule has 0 amide bonds. The largest absolute Gasteiger partial charge is 0.504 e. The van der Waals surface area contributed by atoms with Gasteiger partial charge in [0.15, 0.2) is 11.5 Å². The highest BCUT2D eigenvalue weighted by Gasteiger charge is 2.19. The van der Waals surface area contributed by atoms with E-state index in [4.69, 9.17) is 9.47 Å². The number of esters is 1. The maximum absolute atomic E-state index is 11.4. The zero-order valence-electron chi connectivity index (χ0n) is 12.5. The summed E-state index contributed by atoms with van der Waals surface area (Å²) in [6.45, 7) is 4.31. The molecule has 7 heteroatoms. The predicted molar refractivity (Wildman–Crippen MR) is 80.8 cm³/mol. The smallest absolute Gasteiger partial charge is 0.305 e. The molecule has 21 heavy (non-hydrogen) atoms. The van der Waals surface area contributed by atoms with Crippen LogP contribution in [0.5, 0.6) is 17.2 Å². The molecule has 0 aliphatic rings. The SMILES string of the molecule is CCOc1cc(CCC(=O)OC)c(OCC)c([PH2]=O)c1O. The van der Waals surface area contributed by atoms with E-state index in [1.807, 2.05) is 0 Å². The van der Waals surface area contributed by atoms with E-state index in [0.29, 0.717) is 30.9 Å². The number of carbonyl (C=O) groups excluding carboxylic acids is 1. The molecule has 0 spiro atoms. The summed E-state index contributed by atoms with van der Waals surface area (Å²) in [6.07, 6.45) is 0.523. The molecule has 0 saturated carbocycles. The molecule has 1 unspecified atom stereocenters. The number of phenols is 1. The van der Waals surface area contributed by atoms with Crippen molar-refractivity contribution in [1.29, 1.82) is 0 Å². The number of hydrogen-bond acceptors (Lipinski definition) is 6. The minimum Gasteiger partial charge on any atom is -0.504 e. The van der Waals surface area contributed by atoms with Gasteiger partial charge in [-0.2, -0.15) is 0 Å². The van der Waals surface area contributed by atoms with Gasteiger partial charge in [-0.25, -0.2) is 0 Å². The Labute approximate surface area is 125 Å². The van der Waals surface area contributed by atoms with Crippen LogP contribution in [0.2, 0.25) is 0 Å². The minimum atomic E-state index is -1.40. The van der Waals surface area contributed by atoms with Gasteiger partial charge >= 0.3 is 5.97 Å². The second-order valence-electron chi connectivity index (χ2n) is 4.19. The van der Waals surface area contributed by atoms with Gasteiger partial charge in [-0.3, -0.25) is 4.79 Å². The quantitative estimate of drug-likeness (QED) is 0.580. The van der Waals surface area contributed by atoms with E-state index in [9.17, 15) is 14.5 Å². The van der Waals surface area contributed by atoms with Crippen LogP contribution in [-0.2, 0) is 20.5 Å². The summed E-state index contributed by atoms with van der Waals surface area (Å²) < 4.78 is 26.9. The summed E-state index contributed by atoms with van der Waals surface area (Å²) in [6, 6.07) is 1.62. The molecule has 1 aromatic carbocycles. The van der Waals surface area contributed by atoms with E-state index in [1.54, 1.807) is 19.9 Å². The Hall–Kier alpha value is -1.68. The van der Waals surface area contributed by atoms with Crippen LogP contribution in [0.1, 0.15) is 25.8 Å². The molecule has 0 heterocycles. The molecule has 0 radical (unpaired) electrons. The third-order valence-electron chi connectivity index (χ3n) is 2.86. The maximum atomic E-state index is 11.4. The highest BCUT2D eigenvalue weighted by atomic mass is 31.1. The fraction of sp³-hybridized carbons (Fsp3) is 0.500. The number of rotatable bonds is 8. The van der Waals surface area contributed by atoms with Crippen molar-refractivity contribution >= 4 is 19.7 Å². The molecule has 0 aliphatic carbocycles. The lowest BCUT2D eigenvalue weighted by Crippen LogP contribution is -2.11. The maximum Gasteiger partial charge on any atom is 0.305 e. The molecule has 1 rings (SSSR count). The van der Waals surface area contributed by atoms with Crippen molar-refractivity contribution in [3.05, 3.63) is 11.6 Å². The molecule has 118 valence electrons. The molecule has 6 nitrogen and oxygen atoms in total. The van der Waals surface area contributed by atoms with Crippen molar-refractivity contribution < 1.29 is 28.7 Å². The van der Waals surface area contributed by atoms with Crippen molar-refractivity contribution in [2.75, 3.05) is 20.3 Å². The second-order valence-corrected chi connectivity index (χ2v) is 5.00. The molecule has 1 aromatic rings. The fourth-order valence-corrected chi connectivity index (χ4v) is 2.55. The van der Waals surface area contributed by atoms with Crippen molar-refractivity contribution in [3.8, 4) is 17.2 Å². The number of methoxy groups -OCH3 is 1. The van der Waals surface area contributed by atoms with E-state index < -0.39 is 8.46 Å². The third kappa shape index (κ3) is 4.39. The monoisotopic (exact) mass is 316 g/mol. The number of carbonyl (C=O) groups is 1. The first-order valence-electron chi connectivity index (χ1n) is 6.75. The summed E-state index contributed by atoms with van der Waals surface area (Å²) in [4.78, 5) is 11.3. The Morgan fingerprint density at radius 2 is 1.95 bits per heavy atom. The molecule has 0 aliphatic heterocycles. The molecule has 0 fully saturated rings. The van der Waals surface area contributed by atoms with Crippen LogP contribution in [0, 0.1) is 0 Å². The zero-order valence-corrected chi connectivity index (χ0v) is 13.6. The van der Waals surface area contributed by atoms with Gasteiger partial charge in [0, 0.05) is 6.42 Å². The van der Waals surface area contributed by atoms with E-state index in [0.717, 1.165) is 0 Å². The molecular weight excluding hydrogens is 295 g/mol. The van der Waals surface area contributed by atoms with E-state index in [1.165, 1.54) is 7.11 Å².